The minimum atomic E-state index is -0.0692. The van der Waals surface area contributed by atoms with Crippen LogP contribution in [0.4, 0.5) is 0 Å². The molecule has 2 aromatic carbocycles. The molecule has 0 spiro atoms. The first kappa shape index (κ1) is 20.6. The van der Waals surface area contributed by atoms with Crippen LogP contribution in [0, 0.1) is 0 Å². The SMILES string of the molecule is O=C(NC1CCN(C(=O)c2ccccc2OCc2ccncc2)CC1)c1ccccc1. The van der Waals surface area contributed by atoms with E-state index in [9.17, 15) is 9.59 Å². The Balaban J connectivity index is 1.34. The van der Waals surface area contributed by atoms with Crippen molar-refractivity contribution in [1.82, 2.24) is 15.2 Å². The Morgan fingerprint density at radius 1 is 0.935 bits per heavy atom. The van der Waals surface area contributed by atoms with Crippen LogP contribution in [0.3, 0.4) is 0 Å². The van der Waals surface area contributed by atoms with Crippen LogP contribution in [0.15, 0.2) is 79.1 Å². The van der Waals surface area contributed by atoms with E-state index >= 15 is 0 Å². The van der Waals surface area contributed by atoms with E-state index in [0.29, 0.717) is 36.6 Å². The van der Waals surface area contributed by atoms with Gasteiger partial charge in [-0.25, -0.2) is 0 Å². The molecule has 0 atom stereocenters. The summed E-state index contributed by atoms with van der Waals surface area (Å²) in [6.45, 7) is 1.56. The molecule has 0 saturated carbocycles. The fourth-order valence-electron chi connectivity index (χ4n) is 3.66. The number of likely N-dealkylation sites (tertiary alicyclic amines) is 1. The zero-order valence-corrected chi connectivity index (χ0v) is 17.2. The molecule has 0 radical (unpaired) electrons. The van der Waals surface area contributed by atoms with Crippen LogP contribution >= 0.6 is 0 Å². The summed E-state index contributed by atoms with van der Waals surface area (Å²) in [4.78, 5) is 31.3. The van der Waals surface area contributed by atoms with E-state index < -0.39 is 0 Å². The van der Waals surface area contributed by atoms with Crippen molar-refractivity contribution in [2.75, 3.05) is 13.1 Å². The number of aromatic nitrogens is 1. The van der Waals surface area contributed by atoms with Crippen LogP contribution in [0.1, 0.15) is 39.1 Å². The molecule has 2 heterocycles. The van der Waals surface area contributed by atoms with Crippen molar-refractivity contribution < 1.29 is 14.3 Å². The minimum absolute atomic E-state index is 0.0434. The number of hydrogen-bond donors (Lipinski definition) is 1. The fraction of sp³-hybridized carbons (Fsp3) is 0.240. The molecule has 1 fully saturated rings. The number of pyridine rings is 1. The van der Waals surface area contributed by atoms with E-state index in [0.717, 1.165) is 18.4 Å². The van der Waals surface area contributed by atoms with Crippen molar-refractivity contribution in [3.8, 4) is 5.75 Å². The van der Waals surface area contributed by atoms with E-state index in [1.54, 1.807) is 30.6 Å². The molecule has 31 heavy (non-hydrogen) atoms. The Bertz CT molecular complexity index is 1020. The van der Waals surface area contributed by atoms with Gasteiger partial charge in [0.1, 0.15) is 12.4 Å². The number of carbonyl (C=O) groups excluding carboxylic acids is 2. The third kappa shape index (κ3) is 5.28. The first-order valence-electron chi connectivity index (χ1n) is 10.5. The molecular weight excluding hydrogens is 390 g/mol. The fourth-order valence-corrected chi connectivity index (χ4v) is 3.66. The van der Waals surface area contributed by atoms with E-state index in [-0.39, 0.29) is 17.9 Å². The molecule has 4 rings (SSSR count). The van der Waals surface area contributed by atoms with Crippen LogP contribution in [-0.2, 0) is 6.61 Å². The van der Waals surface area contributed by atoms with Gasteiger partial charge in [0.05, 0.1) is 5.56 Å². The summed E-state index contributed by atoms with van der Waals surface area (Å²) in [7, 11) is 0. The number of benzene rings is 2. The zero-order valence-electron chi connectivity index (χ0n) is 17.2. The standard InChI is InChI=1S/C25H25N3O3/c29-24(20-6-2-1-3-7-20)27-21-12-16-28(17-13-21)25(30)22-8-4-5-9-23(22)31-18-19-10-14-26-15-11-19/h1-11,14-15,21H,12-13,16-18H2,(H,27,29). The van der Waals surface area contributed by atoms with Crippen molar-refractivity contribution >= 4 is 11.8 Å². The summed E-state index contributed by atoms with van der Waals surface area (Å²) in [5.74, 6) is 0.460. The van der Waals surface area contributed by atoms with Crippen LogP contribution in [0.5, 0.6) is 5.75 Å². The lowest BCUT2D eigenvalue weighted by molar-refractivity contribution is 0.0693. The molecule has 0 aliphatic carbocycles. The van der Waals surface area contributed by atoms with Crippen LogP contribution < -0.4 is 10.1 Å². The maximum atomic E-state index is 13.1. The highest BCUT2D eigenvalue weighted by Crippen LogP contribution is 2.23. The number of para-hydroxylation sites is 1. The largest absolute Gasteiger partial charge is 0.488 e. The third-order valence-electron chi connectivity index (χ3n) is 5.41. The number of rotatable bonds is 6. The molecule has 1 saturated heterocycles. The molecule has 0 bridgehead atoms. The number of hydrogen-bond acceptors (Lipinski definition) is 4. The first-order chi connectivity index (χ1) is 15.2. The highest BCUT2D eigenvalue weighted by atomic mass is 16.5. The summed E-state index contributed by atoms with van der Waals surface area (Å²) in [5, 5.41) is 3.08. The van der Waals surface area contributed by atoms with Gasteiger partial charge in [0, 0.05) is 37.1 Å². The maximum Gasteiger partial charge on any atom is 0.257 e. The van der Waals surface area contributed by atoms with Gasteiger partial charge < -0.3 is 15.0 Å². The van der Waals surface area contributed by atoms with Crippen molar-refractivity contribution in [1.29, 1.82) is 0 Å². The maximum absolute atomic E-state index is 13.1. The van der Waals surface area contributed by atoms with Gasteiger partial charge in [0.15, 0.2) is 0 Å². The molecule has 6 nitrogen and oxygen atoms in total. The molecule has 0 unspecified atom stereocenters. The molecule has 1 aliphatic rings. The molecule has 6 heteroatoms. The molecule has 1 aliphatic heterocycles. The highest BCUT2D eigenvalue weighted by Gasteiger charge is 2.26. The number of nitrogens with zero attached hydrogens (tertiary/aromatic N) is 2. The topological polar surface area (TPSA) is 71.5 Å². The predicted octanol–water partition coefficient (Wildman–Crippen LogP) is 3.70. The van der Waals surface area contributed by atoms with Crippen molar-refractivity contribution in [2.45, 2.75) is 25.5 Å². The number of amides is 2. The van der Waals surface area contributed by atoms with E-state index in [1.807, 2.05) is 53.4 Å². The zero-order chi connectivity index (χ0) is 21.5. The minimum Gasteiger partial charge on any atom is -0.488 e. The summed E-state index contributed by atoms with van der Waals surface area (Å²) in [6.07, 6.45) is 4.89. The Labute approximate surface area is 181 Å². The predicted molar refractivity (Wildman–Crippen MR) is 118 cm³/mol. The second-order valence-corrected chi connectivity index (χ2v) is 7.55. The lowest BCUT2D eigenvalue weighted by Crippen LogP contribution is -2.46. The average Bonchev–Trinajstić information content (AvgIpc) is 2.84. The summed E-state index contributed by atoms with van der Waals surface area (Å²) in [5.41, 5.74) is 2.21. The lowest BCUT2D eigenvalue weighted by Gasteiger charge is -2.32. The van der Waals surface area contributed by atoms with Gasteiger partial charge in [-0.3, -0.25) is 14.6 Å². The van der Waals surface area contributed by atoms with Gasteiger partial charge in [-0.1, -0.05) is 30.3 Å². The molecule has 3 aromatic rings. The van der Waals surface area contributed by atoms with E-state index in [1.165, 1.54) is 0 Å². The Hall–Kier alpha value is -3.67. The smallest absolute Gasteiger partial charge is 0.257 e. The average molecular weight is 415 g/mol. The van der Waals surface area contributed by atoms with E-state index in [4.69, 9.17) is 4.74 Å². The van der Waals surface area contributed by atoms with Crippen molar-refractivity contribution in [3.63, 3.8) is 0 Å². The summed E-state index contributed by atoms with van der Waals surface area (Å²) < 4.78 is 5.93. The summed E-state index contributed by atoms with van der Waals surface area (Å²) in [6, 6.07) is 20.4. The van der Waals surface area contributed by atoms with Crippen molar-refractivity contribution in [2.24, 2.45) is 0 Å². The highest BCUT2D eigenvalue weighted by molar-refractivity contribution is 5.97. The lowest BCUT2D eigenvalue weighted by atomic mass is 10.0. The van der Waals surface area contributed by atoms with Gasteiger partial charge in [-0.2, -0.15) is 0 Å². The Morgan fingerprint density at radius 3 is 2.35 bits per heavy atom. The second-order valence-electron chi connectivity index (χ2n) is 7.55. The number of carbonyl (C=O) groups is 2. The first-order valence-corrected chi connectivity index (χ1v) is 10.5. The van der Waals surface area contributed by atoms with Crippen LogP contribution in [-0.4, -0.2) is 40.8 Å². The van der Waals surface area contributed by atoms with Gasteiger partial charge in [0.2, 0.25) is 0 Å². The van der Waals surface area contributed by atoms with E-state index in [2.05, 4.69) is 10.3 Å². The normalized spacial score (nSPS) is 14.1. The number of ether oxygens (including phenoxy) is 1. The molecule has 2 amide bonds. The van der Waals surface area contributed by atoms with Crippen LogP contribution in [0.2, 0.25) is 0 Å². The monoisotopic (exact) mass is 415 g/mol. The van der Waals surface area contributed by atoms with Gasteiger partial charge in [0.25, 0.3) is 11.8 Å². The van der Waals surface area contributed by atoms with Gasteiger partial charge in [-0.15, -0.1) is 0 Å². The number of nitrogens with one attached hydrogen (secondary N) is 1. The number of piperidine rings is 1. The Morgan fingerprint density at radius 2 is 1.61 bits per heavy atom. The molecule has 1 N–H and O–H groups in total. The third-order valence-corrected chi connectivity index (χ3v) is 5.41. The van der Waals surface area contributed by atoms with Gasteiger partial charge >= 0.3 is 0 Å². The molecular formula is C25H25N3O3. The molecule has 1 aromatic heterocycles. The quantitative estimate of drug-likeness (QED) is 0.666. The molecule has 158 valence electrons. The van der Waals surface area contributed by atoms with Crippen molar-refractivity contribution in [3.05, 3.63) is 95.8 Å². The summed E-state index contributed by atoms with van der Waals surface area (Å²) >= 11 is 0. The second kappa shape index (κ2) is 9.89. The van der Waals surface area contributed by atoms with Gasteiger partial charge in [-0.05, 0) is 54.8 Å². The van der Waals surface area contributed by atoms with Crippen LogP contribution in [0.25, 0.3) is 0 Å². The Kier molecular flexibility index (Phi) is 6.57.